The SMILES string of the molecule is O=C(NCCC(F)(F)F)[C@@H]1CCNC1. The monoisotopic (exact) mass is 210 g/mol. The molecule has 1 amide bonds. The van der Waals surface area contributed by atoms with Crippen molar-refractivity contribution in [3.05, 3.63) is 0 Å². The lowest BCUT2D eigenvalue weighted by atomic mass is 10.1. The molecule has 1 fully saturated rings. The summed E-state index contributed by atoms with van der Waals surface area (Å²) in [7, 11) is 0. The molecule has 0 aromatic carbocycles. The first-order chi connectivity index (χ1) is 6.49. The van der Waals surface area contributed by atoms with E-state index >= 15 is 0 Å². The summed E-state index contributed by atoms with van der Waals surface area (Å²) in [6.07, 6.45) is -4.45. The van der Waals surface area contributed by atoms with Crippen LogP contribution in [0.2, 0.25) is 0 Å². The Balaban J connectivity index is 2.15. The van der Waals surface area contributed by atoms with Gasteiger partial charge in [0.2, 0.25) is 5.91 Å². The van der Waals surface area contributed by atoms with Gasteiger partial charge in [-0.2, -0.15) is 13.2 Å². The van der Waals surface area contributed by atoms with E-state index in [1.165, 1.54) is 0 Å². The average molecular weight is 210 g/mol. The van der Waals surface area contributed by atoms with E-state index < -0.39 is 12.6 Å². The molecule has 1 heterocycles. The van der Waals surface area contributed by atoms with Crippen LogP contribution in [0.3, 0.4) is 0 Å². The molecule has 0 aliphatic carbocycles. The molecule has 82 valence electrons. The van der Waals surface area contributed by atoms with Gasteiger partial charge in [-0.25, -0.2) is 0 Å². The predicted molar refractivity (Wildman–Crippen MR) is 44.7 cm³/mol. The van der Waals surface area contributed by atoms with Crippen molar-refractivity contribution in [3.63, 3.8) is 0 Å². The van der Waals surface area contributed by atoms with Crippen molar-refractivity contribution in [3.8, 4) is 0 Å². The fraction of sp³-hybridized carbons (Fsp3) is 0.875. The summed E-state index contributed by atoms with van der Waals surface area (Å²) < 4.78 is 35.2. The Kier molecular flexibility index (Phi) is 3.74. The Labute approximate surface area is 80.0 Å². The van der Waals surface area contributed by atoms with Gasteiger partial charge in [-0.05, 0) is 13.0 Å². The Hall–Kier alpha value is -0.780. The van der Waals surface area contributed by atoms with Crippen molar-refractivity contribution in [2.45, 2.75) is 19.0 Å². The van der Waals surface area contributed by atoms with Gasteiger partial charge in [-0.15, -0.1) is 0 Å². The first-order valence-corrected chi connectivity index (χ1v) is 4.54. The molecule has 0 saturated carbocycles. The van der Waals surface area contributed by atoms with Crippen molar-refractivity contribution < 1.29 is 18.0 Å². The Morgan fingerprint density at radius 1 is 1.50 bits per heavy atom. The summed E-state index contributed by atoms with van der Waals surface area (Å²) in [5, 5.41) is 5.26. The fourth-order valence-electron chi connectivity index (χ4n) is 1.35. The third kappa shape index (κ3) is 3.95. The van der Waals surface area contributed by atoms with Gasteiger partial charge in [0.1, 0.15) is 0 Å². The molecule has 0 bridgehead atoms. The van der Waals surface area contributed by atoms with Crippen molar-refractivity contribution in [1.29, 1.82) is 0 Å². The Bertz CT molecular complexity index is 199. The maximum absolute atomic E-state index is 11.7. The lowest BCUT2D eigenvalue weighted by Crippen LogP contribution is -2.34. The average Bonchev–Trinajstić information content (AvgIpc) is 2.53. The largest absolute Gasteiger partial charge is 0.390 e. The predicted octanol–water partition coefficient (Wildman–Crippen LogP) is 0.664. The van der Waals surface area contributed by atoms with Crippen LogP contribution in [0.15, 0.2) is 0 Å². The smallest absolute Gasteiger partial charge is 0.355 e. The molecule has 1 saturated heterocycles. The zero-order valence-electron chi connectivity index (χ0n) is 7.66. The Morgan fingerprint density at radius 3 is 2.71 bits per heavy atom. The topological polar surface area (TPSA) is 41.1 Å². The second-order valence-corrected chi connectivity index (χ2v) is 3.35. The molecule has 1 atom stereocenters. The molecule has 0 spiro atoms. The van der Waals surface area contributed by atoms with Gasteiger partial charge in [0, 0.05) is 13.1 Å². The van der Waals surface area contributed by atoms with E-state index in [4.69, 9.17) is 0 Å². The number of amides is 1. The standard InChI is InChI=1S/C8H13F3N2O/c9-8(10,11)2-4-13-7(14)6-1-3-12-5-6/h6,12H,1-5H2,(H,13,14)/t6-/m1/s1. The Morgan fingerprint density at radius 2 is 2.21 bits per heavy atom. The second kappa shape index (κ2) is 4.63. The minimum atomic E-state index is -4.19. The van der Waals surface area contributed by atoms with Gasteiger partial charge in [0.15, 0.2) is 0 Å². The van der Waals surface area contributed by atoms with E-state index in [1.54, 1.807) is 0 Å². The molecular weight excluding hydrogens is 197 g/mol. The molecule has 0 aromatic heterocycles. The first-order valence-electron chi connectivity index (χ1n) is 4.54. The maximum atomic E-state index is 11.7. The number of hydrogen-bond donors (Lipinski definition) is 2. The van der Waals surface area contributed by atoms with E-state index in [9.17, 15) is 18.0 Å². The highest BCUT2D eigenvalue weighted by Crippen LogP contribution is 2.18. The van der Waals surface area contributed by atoms with Crippen molar-refractivity contribution in [2.75, 3.05) is 19.6 Å². The van der Waals surface area contributed by atoms with Crippen LogP contribution in [0.4, 0.5) is 13.2 Å². The summed E-state index contributed by atoms with van der Waals surface area (Å²) in [5.41, 5.74) is 0. The fourth-order valence-corrected chi connectivity index (χ4v) is 1.35. The molecule has 14 heavy (non-hydrogen) atoms. The van der Waals surface area contributed by atoms with Crippen molar-refractivity contribution in [1.82, 2.24) is 10.6 Å². The van der Waals surface area contributed by atoms with Gasteiger partial charge < -0.3 is 10.6 Å². The lowest BCUT2D eigenvalue weighted by Gasteiger charge is -2.10. The van der Waals surface area contributed by atoms with Gasteiger partial charge in [-0.1, -0.05) is 0 Å². The molecule has 1 aliphatic rings. The van der Waals surface area contributed by atoms with Crippen LogP contribution in [-0.2, 0) is 4.79 Å². The minimum Gasteiger partial charge on any atom is -0.355 e. The molecule has 2 N–H and O–H groups in total. The molecule has 0 aromatic rings. The van der Waals surface area contributed by atoms with E-state index in [2.05, 4.69) is 10.6 Å². The number of carbonyl (C=O) groups excluding carboxylic acids is 1. The van der Waals surface area contributed by atoms with E-state index in [0.29, 0.717) is 13.0 Å². The summed E-state index contributed by atoms with van der Waals surface area (Å²) in [6, 6.07) is 0. The molecule has 0 radical (unpaired) electrons. The number of alkyl halides is 3. The highest BCUT2D eigenvalue weighted by molar-refractivity contribution is 5.79. The number of hydrogen-bond acceptors (Lipinski definition) is 2. The van der Waals surface area contributed by atoms with Gasteiger partial charge >= 0.3 is 6.18 Å². The zero-order valence-corrected chi connectivity index (χ0v) is 7.66. The van der Waals surface area contributed by atoms with Crippen LogP contribution in [0, 0.1) is 5.92 Å². The maximum Gasteiger partial charge on any atom is 0.390 e. The zero-order chi connectivity index (χ0) is 10.6. The summed E-state index contributed by atoms with van der Waals surface area (Å²) in [4.78, 5) is 11.2. The quantitative estimate of drug-likeness (QED) is 0.718. The van der Waals surface area contributed by atoms with Crippen LogP contribution < -0.4 is 10.6 Å². The number of carbonyl (C=O) groups is 1. The number of rotatable bonds is 3. The molecule has 1 aliphatic heterocycles. The van der Waals surface area contributed by atoms with Gasteiger partial charge in [0.25, 0.3) is 0 Å². The molecule has 6 heteroatoms. The number of halogens is 3. The third-order valence-electron chi connectivity index (χ3n) is 2.14. The van der Waals surface area contributed by atoms with Crippen LogP contribution in [0.5, 0.6) is 0 Å². The normalized spacial score (nSPS) is 22.4. The van der Waals surface area contributed by atoms with E-state index in [1.807, 2.05) is 0 Å². The molecule has 0 unspecified atom stereocenters. The van der Waals surface area contributed by atoms with Gasteiger partial charge in [-0.3, -0.25) is 4.79 Å². The highest BCUT2D eigenvalue weighted by Gasteiger charge is 2.28. The van der Waals surface area contributed by atoms with Crippen LogP contribution in [0.1, 0.15) is 12.8 Å². The first kappa shape index (κ1) is 11.3. The molecular formula is C8H13F3N2O. The third-order valence-corrected chi connectivity index (χ3v) is 2.14. The highest BCUT2D eigenvalue weighted by atomic mass is 19.4. The van der Waals surface area contributed by atoms with Crippen LogP contribution >= 0.6 is 0 Å². The van der Waals surface area contributed by atoms with E-state index in [-0.39, 0.29) is 18.4 Å². The summed E-state index contributed by atoms with van der Waals surface area (Å²) in [6.45, 7) is 1.01. The van der Waals surface area contributed by atoms with Crippen molar-refractivity contribution in [2.24, 2.45) is 5.92 Å². The lowest BCUT2D eigenvalue weighted by molar-refractivity contribution is -0.136. The van der Waals surface area contributed by atoms with Gasteiger partial charge in [0.05, 0.1) is 12.3 Å². The molecule has 1 rings (SSSR count). The van der Waals surface area contributed by atoms with Crippen LogP contribution in [0.25, 0.3) is 0 Å². The summed E-state index contributed by atoms with van der Waals surface area (Å²) in [5.74, 6) is -0.442. The van der Waals surface area contributed by atoms with Crippen molar-refractivity contribution >= 4 is 5.91 Å². The summed E-state index contributed by atoms with van der Waals surface area (Å²) >= 11 is 0. The molecule has 3 nitrogen and oxygen atoms in total. The van der Waals surface area contributed by atoms with Crippen LogP contribution in [-0.4, -0.2) is 31.7 Å². The number of nitrogens with one attached hydrogen (secondary N) is 2. The minimum absolute atomic E-state index is 0.164. The second-order valence-electron chi connectivity index (χ2n) is 3.35. The van der Waals surface area contributed by atoms with E-state index in [0.717, 1.165) is 6.54 Å².